The fourth-order valence-electron chi connectivity index (χ4n) is 2.13. The van der Waals surface area contributed by atoms with E-state index in [1.165, 1.54) is 16.7 Å². The third kappa shape index (κ3) is 3.64. The van der Waals surface area contributed by atoms with Crippen molar-refractivity contribution in [3.8, 4) is 0 Å². The Hall–Kier alpha value is -0.820. The molecule has 0 atom stereocenters. The van der Waals surface area contributed by atoms with Gasteiger partial charge in [0.15, 0.2) is 0 Å². The molecule has 16 heavy (non-hydrogen) atoms. The van der Waals surface area contributed by atoms with E-state index in [1.54, 1.807) is 0 Å². The Morgan fingerprint density at radius 1 is 1.12 bits per heavy atom. The molecule has 1 rings (SSSR count). The highest BCUT2D eigenvalue weighted by atomic mass is 14.9. The Morgan fingerprint density at radius 2 is 1.69 bits per heavy atom. The Bertz CT molecular complexity index is 319. The Kier molecular flexibility index (Phi) is 4.55. The average molecular weight is 219 g/mol. The van der Waals surface area contributed by atoms with Gasteiger partial charge in [0.05, 0.1) is 0 Å². The van der Waals surface area contributed by atoms with Crippen molar-refractivity contribution in [1.82, 2.24) is 5.32 Å². The number of nitrogens with one attached hydrogen (secondary N) is 1. The molecule has 0 aliphatic heterocycles. The summed E-state index contributed by atoms with van der Waals surface area (Å²) in [5.74, 6) is 0. The lowest BCUT2D eigenvalue weighted by atomic mass is 9.82. The summed E-state index contributed by atoms with van der Waals surface area (Å²) in [7, 11) is 0. The minimum atomic E-state index is 0.326. The molecule has 0 aliphatic carbocycles. The van der Waals surface area contributed by atoms with Gasteiger partial charge in [-0.1, -0.05) is 39.0 Å². The highest BCUT2D eigenvalue weighted by molar-refractivity contribution is 5.34. The zero-order valence-electron chi connectivity index (χ0n) is 11.4. The van der Waals surface area contributed by atoms with Gasteiger partial charge in [-0.15, -0.1) is 0 Å². The molecular weight excluding hydrogens is 194 g/mol. The summed E-state index contributed by atoms with van der Waals surface area (Å²) in [6, 6.07) is 6.57. The van der Waals surface area contributed by atoms with Crippen molar-refractivity contribution in [2.75, 3.05) is 13.1 Å². The first-order valence-electron chi connectivity index (χ1n) is 6.22. The molecule has 0 spiro atoms. The molecule has 1 N–H and O–H groups in total. The van der Waals surface area contributed by atoms with Crippen LogP contribution in [-0.2, 0) is 6.42 Å². The van der Waals surface area contributed by atoms with Crippen LogP contribution in [0.5, 0.6) is 0 Å². The van der Waals surface area contributed by atoms with Crippen LogP contribution in [0.3, 0.4) is 0 Å². The van der Waals surface area contributed by atoms with Crippen LogP contribution in [-0.4, -0.2) is 13.1 Å². The maximum Gasteiger partial charge on any atom is 0.000559 e. The monoisotopic (exact) mass is 219 g/mol. The van der Waals surface area contributed by atoms with Gasteiger partial charge in [0.1, 0.15) is 0 Å². The number of rotatable bonds is 5. The average Bonchev–Trinajstić information content (AvgIpc) is 2.21. The molecule has 0 saturated carbocycles. The van der Waals surface area contributed by atoms with Gasteiger partial charge in [0.25, 0.3) is 0 Å². The molecule has 0 aliphatic rings. The van der Waals surface area contributed by atoms with E-state index >= 15 is 0 Å². The summed E-state index contributed by atoms with van der Waals surface area (Å²) in [5.41, 5.74) is 4.69. The minimum Gasteiger partial charge on any atom is -0.316 e. The standard InChI is InChI=1S/C15H25N/c1-6-16-11-15(4,5)10-14-12(2)8-7-9-13(14)3/h7-9,16H,6,10-11H2,1-5H3. The summed E-state index contributed by atoms with van der Waals surface area (Å²) in [6.07, 6.45) is 1.15. The summed E-state index contributed by atoms with van der Waals surface area (Å²) in [5, 5.41) is 3.45. The molecule has 0 bridgehead atoms. The number of aryl methyl sites for hydroxylation is 2. The zero-order chi connectivity index (χ0) is 12.2. The first kappa shape index (κ1) is 13.2. The summed E-state index contributed by atoms with van der Waals surface area (Å²) < 4.78 is 0. The highest BCUT2D eigenvalue weighted by Crippen LogP contribution is 2.25. The van der Waals surface area contributed by atoms with Crippen LogP contribution in [0.4, 0.5) is 0 Å². The molecule has 0 unspecified atom stereocenters. The maximum atomic E-state index is 3.45. The first-order chi connectivity index (χ1) is 7.46. The van der Waals surface area contributed by atoms with Crippen molar-refractivity contribution in [3.05, 3.63) is 34.9 Å². The van der Waals surface area contributed by atoms with Crippen LogP contribution in [0.1, 0.15) is 37.5 Å². The number of hydrogen-bond donors (Lipinski definition) is 1. The Balaban J connectivity index is 2.79. The second-order valence-electron chi connectivity index (χ2n) is 5.49. The van der Waals surface area contributed by atoms with Crippen LogP contribution in [0, 0.1) is 19.3 Å². The molecular formula is C15H25N. The molecule has 0 saturated heterocycles. The number of benzene rings is 1. The normalized spacial score (nSPS) is 11.8. The van der Waals surface area contributed by atoms with Crippen LogP contribution in [0.2, 0.25) is 0 Å². The van der Waals surface area contributed by atoms with Crippen LogP contribution < -0.4 is 5.32 Å². The van der Waals surface area contributed by atoms with Crippen molar-refractivity contribution in [2.45, 2.75) is 41.0 Å². The van der Waals surface area contributed by atoms with Gasteiger partial charge in [0, 0.05) is 6.54 Å². The summed E-state index contributed by atoms with van der Waals surface area (Å²) in [4.78, 5) is 0. The van der Waals surface area contributed by atoms with E-state index in [9.17, 15) is 0 Å². The topological polar surface area (TPSA) is 12.0 Å². The van der Waals surface area contributed by atoms with E-state index in [1.807, 2.05) is 0 Å². The predicted octanol–water partition coefficient (Wildman–Crippen LogP) is 3.48. The largest absolute Gasteiger partial charge is 0.316 e. The van der Waals surface area contributed by atoms with Crippen molar-refractivity contribution in [1.29, 1.82) is 0 Å². The van der Waals surface area contributed by atoms with Crippen molar-refractivity contribution in [3.63, 3.8) is 0 Å². The van der Waals surface area contributed by atoms with E-state index in [4.69, 9.17) is 0 Å². The molecule has 90 valence electrons. The summed E-state index contributed by atoms with van der Waals surface area (Å²) >= 11 is 0. The Labute approximate surface area is 100 Å². The molecule has 0 amide bonds. The molecule has 0 heterocycles. The van der Waals surface area contributed by atoms with Gasteiger partial charge in [0.2, 0.25) is 0 Å². The molecule has 1 heteroatoms. The van der Waals surface area contributed by atoms with Crippen molar-refractivity contribution >= 4 is 0 Å². The second kappa shape index (κ2) is 5.49. The van der Waals surface area contributed by atoms with Crippen LogP contribution >= 0.6 is 0 Å². The van der Waals surface area contributed by atoms with Crippen molar-refractivity contribution < 1.29 is 0 Å². The lowest BCUT2D eigenvalue weighted by Gasteiger charge is -2.26. The molecule has 0 fully saturated rings. The molecule has 1 nitrogen and oxygen atoms in total. The number of hydrogen-bond acceptors (Lipinski definition) is 1. The quantitative estimate of drug-likeness (QED) is 0.799. The minimum absolute atomic E-state index is 0.326. The SMILES string of the molecule is CCNCC(C)(C)Cc1c(C)cccc1C. The van der Waals surface area contributed by atoms with Gasteiger partial charge < -0.3 is 5.32 Å². The maximum absolute atomic E-state index is 3.45. The molecule has 1 aromatic rings. The second-order valence-corrected chi connectivity index (χ2v) is 5.49. The van der Waals surface area contributed by atoms with Crippen LogP contribution in [0.25, 0.3) is 0 Å². The van der Waals surface area contributed by atoms with E-state index < -0.39 is 0 Å². The molecule has 0 radical (unpaired) electrons. The van der Waals surface area contributed by atoms with Gasteiger partial charge in [-0.25, -0.2) is 0 Å². The molecule has 0 aromatic heterocycles. The lowest BCUT2D eigenvalue weighted by molar-refractivity contribution is 0.341. The van der Waals surface area contributed by atoms with E-state index in [2.05, 4.69) is 58.1 Å². The predicted molar refractivity (Wildman–Crippen MR) is 71.9 cm³/mol. The van der Waals surface area contributed by atoms with E-state index in [-0.39, 0.29) is 0 Å². The van der Waals surface area contributed by atoms with Gasteiger partial charge in [-0.2, -0.15) is 0 Å². The lowest BCUT2D eigenvalue weighted by Crippen LogP contribution is -2.31. The smallest absolute Gasteiger partial charge is 0.000559 e. The fourth-order valence-corrected chi connectivity index (χ4v) is 2.13. The highest BCUT2D eigenvalue weighted by Gasteiger charge is 2.19. The summed E-state index contributed by atoms with van der Waals surface area (Å²) in [6.45, 7) is 13.4. The van der Waals surface area contributed by atoms with E-state index in [0.29, 0.717) is 5.41 Å². The Morgan fingerprint density at radius 3 is 2.19 bits per heavy atom. The fraction of sp³-hybridized carbons (Fsp3) is 0.600. The van der Waals surface area contributed by atoms with Crippen LogP contribution in [0.15, 0.2) is 18.2 Å². The van der Waals surface area contributed by atoms with Gasteiger partial charge >= 0.3 is 0 Å². The molecule has 1 aromatic carbocycles. The third-order valence-corrected chi connectivity index (χ3v) is 3.15. The van der Waals surface area contributed by atoms with Crippen molar-refractivity contribution in [2.24, 2.45) is 5.41 Å². The zero-order valence-corrected chi connectivity index (χ0v) is 11.4. The third-order valence-electron chi connectivity index (χ3n) is 3.15. The van der Waals surface area contributed by atoms with Gasteiger partial charge in [-0.3, -0.25) is 0 Å². The first-order valence-corrected chi connectivity index (χ1v) is 6.22. The van der Waals surface area contributed by atoms with Gasteiger partial charge in [-0.05, 0) is 48.9 Å². The van der Waals surface area contributed by atoms with E-state index in [0.717, 1.165) is 19.5 Å².